The van der Waals surface area contributed by atoms with Gasteiger partial charge in [-0.25, -0.2) is 0 Å². The molecular weight excluding hydrogens is 332 g/mol. The fourth-order valence-electron chi connectivity index (χ4n) is 1.37. The van der Waals surface area contributed by atoms with Crippen LogP contribution in [0.5, 0.6) is 0 Å². The molecule has 98 valence electrons. The average Bonchev–Trinajstić information content (AvgIpc) is 2.43. The van der Waals surface area contributed by atoms with E-state index in [1.54, 1.807) is 37.4 Å². The number of aromatic nitrogens is 2. The highest BCUT2D eigenvalue weighted by Gasteiger charge is 2.10. The molecule has 0 saturated heterocycles. The fourth-order valence-corrected chi connectivity index (χ4v) is 1.89. The lowest BCUT2D eigenvalue weighted by atomic mass is 10.3. The third-order valence-electron chi connectivity index (χ3n) is 2.33. The molecule has 0 atom stereocenters. The van der Waals surface area contributed by atoms with Crippen molar-refractivity contribution < 1.29 is 4.79 Å². The molecule has 0 aliphatic carbocycles. The normalized spacial score (nSPS) is 10.1. The van der Waals surface area contributed by atoms with E-state index in [2.05, 4.69) is 36.8 Å². The van der Waals surface area contributed by atoms with Gasteiger partial charge in [-0.3, -0.25) is 4.79 Å². The van der Waals surface area contributed by atoms with Crippen LogP contribution >= 0.6 is 27.5 Å². The van der Waals surface area contributed by atoms with E-state index in [9.17, 15) is 4.79 Å². The van der Waals surface area contributed by atoms with Crippen molar-refractivity contribution in [2.24, 2.45) is 0 Å². The highest BCUT2D eigenvalue weighted by molar-refractivity contribution is 9.10. The minimum Gasteiger partial charge on any atom is -0.372 e. The topological polar surface area (TPSA) is 66.9 Å². The molecule has 0 aliphatic rings. The van der Waals surface area contributed by atoms with Gasteiger partial charge in [-0.15, -0.1) is 10.2 Å². The first-order chi connectivity index (χ1) is 9.10. The summed E-state index contributed by atoms with van der Waals surface area (Å²) in [5.74, 6) is 0.229. The molecule has 2 rings (SSSR count). The second kappa shape index (κ2) is 5.99. The van der Waals surface area contributed by atoms with Crippen molar-refractivity contribution in [1.29, 1.82) is 0 Å². The van der Waals surface area contributed by atoms with Crippen LogP contribution in [0.3, 0.4) is 0 Å². The molecule has 1 aromatic heterocycles. The lowest BCUT2D eigenvalue weighted by molar-refractivity contribution is 0.102. The molecule has 0 fully saturated rings. The zero-order chi connectivity index (χ0) is 13.8. The van der Waals surface area contributed by atoms with Gasteiger partial charge in [-0.2, -0.15) is 0 Å². The van der Waals surface area contributed by atoms with Crippen LogP contribution in [-0.2, 0) is 0 Å². The molecular formula is C12H10BrClN4O. The van der Waals surface area contributed by atoms with Crippen molar-refractivity contribution in [3.8, 4) is 0 Å². The molecule has 1 amide bonds. The number of hydrogen-bond acceptors (Lipinski definition) is 4. The van der Waals surface area contributed by atoms with Crippen molar-refractivity contribution in [2.75, 3.05) is 17.7 Å². The van der Waals surface area contributed by atoms with Crippen LogP contribution in [-0.4, -0.2) is 23.2 Å². The van der Waals surface area contributed by atoms with Gasteiger partial charge in [0.25, 0.3) is 5.91 Å². The van der Waals surface area contributed by atoms with Crippen molar-refractivity contribution in [2.45, 2.75) is 0 Å². The maximum atomic E-state index is 12.0. The van der Waals surface area contributed by atoms with Crippen molar-refractivity contribution >= 4 is 44.9 Å². The minimum absolute atomic E-state index is 0.218. The number of carbonyl (C=O) groups is 1. The molecule has 5 nitrogen and oxygen atoms in total. The molecule has 1 heterocycles. The van der Waals surface area contributed by atoms with Gasteiger partial charge in [0.1, 0.15) is 5.82 Å². The van der Waals surface area contributed by atoms with E-state index >= 15 is 0 Å². The lowest BCUT2D eigenvalue weighted by Gasteiger charge is -2.07. The molecule has 2 aromatic rings. The average molecular weight is 342 g/mol. The van der Waals surface area contributed by atoms with E-state index in [-0.39, 0.29) is 11.6 Å². The Hall–Kier alpha value is -1.66. The Kier molecular flexibility index (Phi) is 4.34. The molecule has 0 radical (unpaired) electrons. The number of carbonyl (C=O) groups excluding carboxylic acids is 1. The summed E-state index contributed by atoms with van der Waals surface area (Å²) < 4.78 is 0.823. The van der Waals surface area contributed by atoms with Gasteiger partial charge in [0.15, 0.2) is 5.69 Å². The number of amides is 1. The molecule has 0 spiro atoms. The molecule has 0 saturated carbocycles. The highest BCUT2D eigenvalue weighted by Crippen LogP contribution is 2.25. The Morgan fingerprint density at radius 3 is 2.68 bits per heavy atom. The molecule has 0 unspecified atom stereocenters. The Labute approximate surface area is 123 Å². The van der Waals surface area contributed by atoms with Crippen LogP contribution in [0.15, 0.2) is 34.8 Å². The Balaban J connectivity index is 2.18. The maximum absolute atomic E-state index is 12.0. The smallest absolute Gasteiger partial charge is 0.276 e. The van der Waals surface area contributed by atoms with Crippen molar-refractivity contribution in [1.82, 2.24) is 10.2 Å². The maximum Gasteiger partial charge on any atom is 0.276 e. The lowest BCUT2D eigenvalue weighted by Crippen LogP contribution is -2.14. The molecule has 7 heteroatoms. The van der Waals surface area contributed by atoms with Gasteiger partial charge in [0, 0.05) is 11.5 Å². The number of nitrogens with zero attached hydrogens (tertiary/aromatic N) is 2. The fraction of sp³-hybridized carbons (Fsp3) is 0.0833. The number of anilines is 2. The summed E-state index contributed by atoms with van der Waals surface area (Å²) in [5, 5.41) is 13.6. The minimum atomic E-state index is -0.366. The van der Waals surface area contributed by atoms with E-state index in [1.807, 2.05) is 0 Å². The van der Waals surface area contributed by atoms with Gasteiger partial charge in [-0.1, -0.05) is 27.5 Å². The van der Waals surface area contributed by atoms with Crippen LogP contribution in [0.4, 0.5) is 11.5 Å². The monoisotopic (exact) mass is 340 g/mol. The van der Waals surface area contributed by atoms with E-state index in [0.717, 1.165) is 4.47 Å². The first kappa shape index (κ1) is 13.8. The summed E-state index contributed by atoms with van der Waals surface area (Å²) in [6.07, 6.45) is 0. The number of hydrogen-bond donors (Lipinski definition) is 2. The molecule has 1 aromatic carbocycles. The van der Waals surface area contributed by atoms with Gasteiger partial charge in [0.05, 0.1) is 10.7 Å². The zero-order valence-corrected chi connectivity index (χ0v) is 12.3. The molecule has 2 N–H and O–H groups in total. The predicted molar refractivity (Wildman–Crippen MR) is 78.7 cm³/mol. The van der Waals surface area contributed by atoms with Crippen LogP contribution in [0.25, 0.3) is 0 Å². The van der Waals surface area contributed by atoms with Crippen LogP contribution < -0.4 is 10.6 Å². The summed E-state index contributed by atoms with van der Waals surface area (Å²) in [6.45, 7) is 0. The number of rotatable bonds is 3. The number of nitrogens with one attached hydrogen (secondary N) is 2. The largest absolute Gasteiger partial charge is 0.372 e. The number of benzene rings is 1. The molecule has 19 heavy (non-hydrogen) atoms. The second-order valence-electron chi connectivity index (χ2n) is 3.63. The van der Waals surface area contributed by atoms with Gasteiger partial charge in [0.2, 0.25) is 0 Å². The van der Waals surface area contributed by atoms with Crippen LogP contribution in [0.1, 0.15) is 10.5 Å². The summed E-state index contributed by atoms with van der Waals surface area (Å²) >= 11 is 9.31. The quantitative estimate of drug-likeness (QED) is 0.900. The first-order valence-electron chi connectivity index (χ1n) is 5.38. The number of halogens is 2. The van der Waals surface area contributed by atoms with Gasteiger partial charge >= 0.3 is 0 Å². The standard InChI is InChI=1S/C12H10BrClN4O/c1-15-11-5-4-9(17-18-11)12(19)16-10-6-7(13)2-3-8(10)14/h2-6H,1H3,(H,15,18)(H,16,19). The van der Waals surface area contributed by atoms with Gasteiger partial charge < -0.3 is 10.6 Å². The summed E-state index contributed by atoms with van der Waals surface area (Å²) in [4.78, 5) is 12.0. The zero-order valence-electron chi connectivity index (χ0n) is 9.95. The van der Waals surface area contributed by atoms with E-state index < -0.39 is 0 Å². The Bertz CT molecular complexity index is 603. The van der Waals surface area contributed by atoms with Crippen LogP contribution in [0, 0.1) is 0 Å². The summed E-state index contributed by atoms with van der Waals surface area (Å²) in [7, 11) is 1.73. The summed E-state index contributed by atoms with van der Waals surface area (Å²) in [5.41, 5.74) is 0.732. The Morgan fingerprint density at radius 2 is 2.05 bits per heavy atom. The SMILES string of the molecule is CNc1ccc(C(=O)Nc2cc(Br)ccc2Cl)nn1. The first-order valence-corrected chi connectivity index (χ1v) is 6.55. The highest BCUT2D eigenvalue weighted by atomic mass is 79.9. The van der Waals surface area contributed by atoms with Crippen molar-refractivity contribution in [3.63, 3.8) is 0 Å². The van der Waals surface area contributed by atoms with Crippen LogP contribution in [0.2, 0.25) is 5.02 Å². The second-order valence-corrected chi connectivity index (χ2v) is 4.95. The third-order valence-corrected chi connectivity index (χ3v) is 3.15. The third kappa shape index (κ3) is 3.42. The molecule has 0 aliphatic heterocycles. The van der Waals surface area contributed by atoms with E-state index in [0.29, 0.717) is 16.5 Å². The molecule has 0 bridgehead atoms. The Morgan fingerprint density at radius 1 is 1.26 bits per heavy atom. The van der Waals surface area contributed by atoms with Crippen molar-refractivity contribution in [3.05, 3.63) is 45.5 Å². The predicted octanol–water partition coefficient (Wildman–Crippen LogP) is 3.19. The van der Waals surface area contributed by atoms with E-state index in [4.69, 9.17) is 11.6 Å². The summed E-state index contributed by atoms with van der Waals surface area (Å²) in [6, 6.07) is 8.46. The van der Waals surface area contributed by atoms with Gasteiger partial charge in [-0.05, 0) is 30.3 Å². The van der Waals surface area contributed by atoms with E-state index in [1.165, 1.54) is 0 Å².